The fraction of sp³-hybridized carbons (Fsp3) is 0.0870. The third-order valence-electron chi connectivity index (χ3n) is 4.57. The molecule has 156 valence electrons. The normalized spacial score (nSPS) is 11.7. The zero-order valence-corrected chi connectivity index (χ0v) is 17.0. The molecule has 1 aromatic heterocycles. The molecular weight excluding hydrogens is 419 g/mol. The van der Waals surface area contributed by atoms with E-state index in [0.717, 1.165) is 11.1 Å². The van der Waals surface area contributed by atoms with E-state index in [1.807, 2.05) is 42.5 Å². The quantitative estimate of drug-likeness (QED) is 0.439. The Morgan fingerprint density at radius 2 is 1.68 bits per heavy atom. The molecule has 0 saturated heterocycles. The predicted molar refractivity (Wildman–Crippen MR) is 115 cm³/mol. The van der Waals surface area contributed by atoms with Crippen LogP contribution in [0.2, 0.25) is 5.02 Å². The summed E-state index contributed by atoms with van der Waals surface area (Å²) in [5, 5.41) is 14.3. The van der Waals surface area contributed by atoms with E-state index < -0.39 is 12.1 Å². The minimum Gasteiger partial charge on any atom is -0.418 e. The first-order valence-corrected chi connectivity index (χ1v) is 9.90. The lowest BCUT2D eigenvalue weighted by molar-refractivity contribution is 0.236. The van der Waals surface area contributed by atoms with Gasteiger partial charge in [-0.3, -0.25) is 0 Å². The summed E-state index contributed by atoms with van der Waals surface area (Å²) < 4.78 is 18.9. The van der Waals surface area contributed by atoms with Gasteiger partial charge in [0.25, 0.3) is 0 Å². The summed E-state index contributed by atoms with van der Waals surface area (Å²) in [4.78, 5) is 12.6. The van der Waals surface area contributed by atoms with Crippen LogP contribution in [0.25, 0.3) is 11.5 Å². The second-order valence-corrected chi connectivity index (χ2v) is 7.13. The van der Waals surface area contributed by atoms with Gasteiger partial charge in [-0.25, -0.2) is 9.18 Å². The van der Waals surface area contributed by atoms with Crippen molar-refractivity contribution < 1.29 is 13.6 Å². The molecule has 1 unspecified atom stereocenters. The minimum atomic E-state index is -0.668. The second kappa shape index (κ2) is 9.40. The van der Waals surface area contributed by atoms with Crippen molar-refractivity contribution in [3.8, 4) is 11.5 Å². The molecule has 0 aliphatic rings. The molecule has 0 aliphatic carbocycles. The van der Waals surface area contributed by atoms with Crippen molar-refractivity contribution >= 4 is 17.6 Å². The Bertz CT molecular complexity index is 1170. The minimum absolute atomic E-state index is 0.220. The van der Waals surface area contributed by atoms with Crippen molar-refractivity contribution in [2.24, 2.45) is 0 Å². The third-order valence-corrected chi connectivity index (χ3v) is 4.90. The lowest BCUT2D eigenvalue weighted by atomic mass is 10.1. The van der Waals surface area contributed by atoms with E-state index in [2.05, 4.69) is 20.8 Å². The van der Waals surface area contributed by atoms with Crippen LogP contribution >= 0.6 is 11.6 Å². The van der Waals surface area contributed by atoms with Gasteiger partial charge < -0.3 is 15.1 Å². The summed E-state index contributed by atoms with van der Waals surface area (Å²) in [6.45, 7) is 0.238. The first kappa shape index (κ1) is 20.6. The maximum atomic E-state index is 13.1. The number of amides is 2. The molecule has 6 nitrogen and oxygen atoms in total. The Labute approximate surface area is 183 Å². The molecule has 1 atom stereocenters. The van der Waals surface area contributed by atoms with Crippen molar-refractivity contribution in [2.75, 3.05) is 0 Å². The van der Waals surface area contributed by atoms with Gasteiger partial charge in [0.2, 0.25) is 11.8 Å². The van der Waals surface area contributed by atoms with Gasteiger partial charge in [0.05, 0.1) is 10.6 Å². The van der Waals surface area contributed by atoms with E-state index in [1.54, 1.807) is 24.3 Å². The van der Waals surface area contributed by atoms with Gasteiger partial charge in [-0.05, 0) is 35.4 Å². The monoisotopic (exact) mass is 436 g/mol. The van der Waals surface area contributed by atoms with Gasteiger partial charge in [0, 0.05) is 6.54 Å². The van der Waals surface area contributed by atoms with Crippen LogP contribution in [0.4, 0.5) is 9.18 Å². The lowest BCUT2D eigenvalue weighted by Crippen LogP contribution is -2.38. The largest absolute Gasteiger partial charge is 0.418 e. The Balaban J connectivity index is 1.53. The van der Waals surface area contributed by atoms with Crippen LogP contribution in [0.5, 0.6) is 0 Å². The van der Waals surface area contributed by atoms with Gasteiger partial charge in [-0.15, -0.1) is 10.2 Å². The third kappa shape index (κ3) is 5.07. The number of carbonyl (C=O) groups is 1. The van der Waals surface area contributed by atoms with Crippen molar-refractivity contribution in [3.05, 3.63) is 107 Å². The molecule has 0 saturated carbocycles. The van der Waals surface area contributed by atoms with Crippen LogP contribution in [-0.2, 0) is 6.54 Å². The molecule has 0 radical (unpaired) electrons. The number of hydrogen-bond donors (Lipinski definition) is 2. The number of rotatable bonds is 6. The lowest BCUT2D eigenvalue weighted by Gasteiger charge is -2.16. The molecule has 31 heavy (non-hydrogen) atoms. The average molecular weight is 437 g/mol. The molecule has 2 N–H and O–H groups in total. The van der Waals surface area contributed by atoms with E-state index in [0.29, 0.717) is 10.6 Å². The molecule has 0 bridgehead atoms. The highest BCUT2D eigenvalue weighted by atomic mass is 35.5. The first-order valence-electron chi connectivity index (χ1n) is 9.52. The number of halogens is 2. The molecule has 4 aromatic rings. The topological polar surface area (TPSA) is 80.0 Å². The summed E-state index contributed by atoms with van der Waals surface area (Å²) in [5.74, 6) is 0.149. The standard InChI is InChI=1S/C23H18ClFN4O2/c24-19-9-5-4-8-18(19)21-28-29-22(31-21)20(16-6-2-1-3-7-16)27-23(30)26-14-15-10-12-17(25)13-11-15/h1-13,20H,14H2,(H2,26,27,30). The number of urea groups is 1. The number of nitrogens with zero attached hydrogens (tertiary/aromatic N) is 2. The number of hydrogen-bond acceptors (Lipinski definition) is 4. The van der Waals surface area contributed by atoms with Crippen LogP contribution in [0.15, 0.2) is 83.3 Å². The Morgan fingerprint density at radius 3 is 2.42 bits per heavy atom. The van der Waals surface area contributed by atoms with Crippen molar-refractivity contribution in [2.45, 2.75) is 12.6 Å². The van der Waals surface area contributed by atoms with E-state index in [-0.39, 0.29) is 24.1 Å². The van der Waals surface area contributed by atoms with Crippen LogP contribution in [0.1, 0.15) is 23.1 Å². The van der Waals surface area contributed by atoms with Crippen LogP contribution in [-0.4, -0.2) is 16.2 Å². The SMILES string of the molecule is O=C(NCc1ccc(F)cc1)NC(c1ccccc1)c1nnc(-c2ccccc2Cl)o1. The van der Waals surface area contributed by atoms with E-state index in [9.17, 15) is 9.18 Å². The summed E-state index contributed by atoms with van der Waals surface area (Å²) in [6.07, 6.45) is 0. The fourth-order valence-electron chi connectivity index (χ4n) is 2.99. The average Bonchev–Trinajstić information content (AvgIpc) is 3.27. The molecule has 3 aromatic carbocycles. The van der Waals surface area contributed by atoms with Gasteiger partial charge in [0.15, 0.2) is 0 Å². The Hall–Kier alpha value is -3.71. The first-order chi connectivity index (χ1) is 15.1. The summed E-state index contributed by atoms with van der Waals surface area (Å²) in [7, 11) is 0. The molecular formula is C23H18ClFN4O2. The Morgan fingerprint density at radius 1 is 0.968 bits per heavy atom. The zero-order chi connectivity index (χ0) is 21.6. The van der Waals surface area contributed by atoms with Gasteiger partial charge in [-0.2, -0.15) is 0 Å². The summed E-state index contributed by atoms with van der Waals surface area (Å²) in [6, 6.07) is 21.2. The highest BCUT2D eigenvalue weighted by Crippen LogP contribution is 2.29. The predicted octanol–water partition coefficient (Wildman–Crippen LogP) is 5.12. The zero-order valence-electron chi connectivity index (χ0n) is 16.3. The van der Waals surface area contributed by atoms with Gasteiger partial charge in [0.1, 0.15) is 11.9 Å². The number of aromatic nitrogens is 2. The number of nitrogens with one attached hydrogen (secondary N) is 2. The molecule has 4 rings (SSSR count). The summed E-state index contributed by atoms with van der Waals surface area (Å²) >= 11 is 6.23. The molecule has 0 fully saturated rings. The highest BCUT2D eigenvalue weighted by molar-refractivity contribution is 6.33. The molecule has 0 spiro atoms. The second-order valence-electron chi connectivity index (χ2n) is 6.72. The number of benzene rings is 3. The Kier molecular flexibility index (Phi) is 6.24. The van der Waals surface area contributed by atoms with Crippen LogP contribution in [0.3, 0.4) is 0 Å². The number of carbonyl (C=O) groups excluding carboxylic acids is 1. The van der Waals surface area contributed by atoms with E-state index in [1.165, 1.54) is 12.1 Å². The molecule has 2 amide bonds. The van der Waals surface area contributed by atoms with Crippen LogP contribution in [0, 0.1) is 5.82 Å². The van der Waals surface area contributed by atoms with Crippen molar-refractivity contribution in [3.63, 3.8) is 0 Å². The maximum Gasteiger partial charge on any atom is 0.315 e. The van der Waals surface area contributed by atoms with Gasteiger partial charge >= 0.3 is 6.03 Å². The van der Waals surface area contributed by atoms with Gasteiger partial charge in [-0.1, -0.05) is 66.2 Å². The van der Waals surface area contributed by atoms with E-state index in [4.69, 9.17) is 16.0 Å². The van der Waals surface area contributed by atoms with Crippen molar-refractivity contribution in [1.82, 2.24) is 20.8 Å². The van der Waals surface area contributed by atoms with E-state index >= 15 is 0 Å². The van der Waals surface area contributed by atoms with Crippen molar-refractivity contribution in [1.29, 1.82) is 0 Å². The molecule has 0 aliphatic heterocycles. The van der Waals surface area contributed by atoms with Crippen LogP contribution < -0.4 is 10.6 Å². The summed E-state index contributed by atoms with van der Waals surface area (Å²) in [5.41, 5.74) is 2.15. The maximum absolute atomic E-state index is 13.1. The highest BCUT2D eigenvalue weighted by Gasteiger charge is 2.24. The fourth-order valence-corrected chi connectivity index (χ4v) is 3.21. The molecule has 8 heteroatoms. The smallest absolute Gasteiger partial charge is 0.315 e. The molecule has 1 heterocycles.